The average molecular weight is 308 g/mol. The molecule has 3 nitrogen and oxygen atoms in total. The van der Waals surface area contributed by atoms with Crippen LogP contribution < -0.4 is 0 Å². The SMILES string of the molecule is CC1(O)CCC12CCN(C(=O)Cc1ccccc1Cl)CC2. The number of carbonyl (C=O) groups excluding carboxylic acids is 1. The van der Waals surface area contributed by atoms with Crippen LogP contribution in [0.2, 0.25) is 5.02 Å². The molecule has 1 aliphatic carbocycles. The summed E-state index contributed by atoms with van der Waals surface area (Å²) in [6.45, 7) is 3.44. The lowest BCUT2D eigenvalue weighted by molar-refractivity contribution is -0.180. The van der Waals surface area contributed by atoms with Crippen LogP contribution in [0.1, 0.15) is 38.2 Å². The smallest absolute Gasteiger partial charge is 0.227 e. The highest BCUT2D eigenvalue weighted by Gasteiger charge is 2.55. The number of amides is 1. The molecule has 2 fully saturated rings. The number of rotatable bonds is 2. The van der Waals surface area contributed by atoms with E-state index in [4.69, 9.17) is 11.6 Å². The number of likely N-dealkylation sites (tertiary alicyclic amines) is 1. The molecule has 3 rings (SSSR count). The number of hydrogen-bond acceptors (Lipinski definition) is 2. The van der Waals surface area contributed by atoms with Crippen molar-refractivity contribution in [2.45, 2.75) is 44.6 Å². The average Bonchev–Trinajstić information content (AvgIpc) is 2.48. The molecule has 1 N–H and O–H groups in total. The summed E-state index contributed by atoms with van der Waals surface area (Å²) in [5, 5.41) is 11.0. The molecule has 1 saturated heterocycles. The van der Waals surface area contributed by atoms with Crippen LogP contribution in [0.5, 0.6) is 0 Å². The van der Waals surface area contributed by atoms with Crippen LogP contribution in [0.3, 0.4) is 0 Å². The first-order valence-corrected chi connectivity index (χ1v) is 8.05. The van der Waals surface area contributed by atoms with Crippen molar-refractivity contribution in [2.24, 2.45) is 5.41 Å². The van der Waals surface area contributed by atoms with Crippen LogP contribution in [0, 0.1) is 5.41 Å². The minimum Gasteiger partial charge on any atom is -0.390 e. The van der Waals surface area contributed by atoms with E-state index >= 15 is 0 Å². The molecular weight excluding hydrogens is 286 g/mol. The molecule has 2 aliphatic rings. The zero-order valence-electron chi connectivity index (χ0n) is 12.4. The van der Waals surface area contributed by atoms with Gasteiger partial charge in [-0.05, 0) is 44.2 Å². The molecule has 0 bridgehead atoms. The Kier molecular flexibility index (Phi) is 3.74. The van der Waals surface area contributed by atoms with Crippen molar-refractivity contribution in [3.8, 4) is 0 Å². The minimum atomic E-state index is -0.537. The van der Waals surface area contributed by atoms with Crippen molar-refractivity contribution in [1.82, 2.24) is 4.90 Å². The largest absolute Gasteiger partial charge is 0.390 e. The van der Waals surface area contributed by atoms with Crippen LogP contribution in [0.15, 0.2) is 24.3 Å². The first-order valence-electron chi connectivity index (χ1n) is 7.67. The fraction of sp³-hybridized carbons (Fsp3) is 0.588. The standard InChI is InChI=1S/C17H22ClNO2/c1-16(21)6-7-17(16)8-10-19(11-9-17)15(20)12-13-4-2-3-5-14(13)18/h2-5,21H,6-12H2,1H3. The Morgan fingerprint density at radius 3 is 2.43 bits per heavy atom. The maximum absolute atomic E-state index is 12.4. The van der Waals surface area contributed by atoms with Crippen molar-refractivity contribution in [3.05, 3.63) is 34.9 Å². The molecule has 1 unspecified atom stereocenters. The highest BCUT2D eigenvalue weighted by molar-refractivity contribution is 6.31. The number of halogens is 1. The number of carbonyl (C=O) groups is 1. The number of benzene rings is 1. The van der Waals surface area contributed by atoms with E-state index in [0.717, 1.165) is 44.3 Å². The lowest BCUT2D eigenvalue weighted by atomic mass is 9.53. The molecule has 114 valence electrons. The second-order valence-electron chi connectivity index (χ2n) is 6.70. The second-order valence-corrected chi connectivity index (χ2v) is 7.11. The maximum Gasteiger partial charge on any atom is 0.227 e. The predicted octanol–water partition coefficient (Wildman–Crippen LogP) is 3.04. The molecule has 1 saturated carbocycles. The van der Waals surface area contributed by atoms with Gasteiger partial charge in [0.2, 0.25) is 5.91 Å². The van der Waals surface area contributed by atoms with Gasteiger partial charge in [-0.2, -0.15) is 0 Å². The van der Waals surface area contributed by atoms with Gasteiger partial charge in [0.05, 0.1) is 12.0 Å². The summed E-state index contributed by atoms with van der Waals surface area (Å²) in [6, 6.07) is 7.51. The van der Waals surface area contributed by atoms with Crippen molar-refractivity contribution >= 4 is 17.5 Å². The van der Waals surface area contributed by atoms with E-state index in [1.807, 2.05) is 36.1 Å². The fourth-order valence-electron chi connectivity index (χ4n) is 3.73. The summed E-state index contributed by atoms with van der Waals surface area (Å²) >= 11 is 6.12. The summed E-state index contributed by atoms with van der Waals surface area (Å²) in [5.41, 5.74) is 0.402. The predicted molar refractivity (Wildman–Crippen MR) is 83.3 cm³/mol. The van der Waals surface area contributed by atoms with Crippen LogP contribution in [0.4, 0.5) is 0 Å². The summed E-state index contributed by atoms with van der Waals surface area (Å²) in [5.74, 6) is 0.136. The van der Waals surface area contributed by atoms with Crippen LogP contribution >= 0.6 is 11.6 Å². The van der Waals surface area contributed by atoms with Gasteiger partial charge in [-0.3, -0.25) is 4.79 Å². The van der Waals surface area contributed by atoms with Crippen LogP contribution in [-0.2, 0) is 11.2 Å². The third kappa shape index (κ3) is 2.58. The molecule has 1 spiro atoms. The van der Waals surface area contributed by atoms with Gasteiger partial charge < -0.3 is 10.0 Å². The van der Waals surface area contributed by atoms with E-state index in [1.54, 1.807) is 0 Å². The Balaban J connectivity index is 1.60. The molecule has 1 heterocycles. The van der Waals surface area contributed by atoms with E-state index in [-0.39, 0.29) is 11.3 Å². The Labute approximate surface area is 130 Å². The minimum absolute atomic E-state index is 0.0498. The highest BCUT2D eigenvalue weighted by atomic mass is 35.5. The van der Waals surface area contributed by atoms with Crippen molar-refractivity contribution in [2.75, 3.05) is 13.1 Å². The van der Waals surface area contributed by atoms with Gasteiger partial charge >= 0.3 is 0 Å². The quantitative estimate of drug-likeness (QED) is 0.912. The van der Waals surface area contributed by atoms with Gasteiger partial charge in [0.1, 0.15) is 0 Å². The Bertz CT molecular complexity index is 547. The molecule has 1 aromatic rings. The Hall–Kier alpha value is -1.06. The monoisotopic (exact) mass is 307 g/mol. The number of nitrogens with zero attached hydrogens (tertiary/aromatic N) is 1. The Morgan fingerprint density at radius 1 is 1.24 bits per heavy atom. The van der Waals surface area contributed by atoms with E-state index in [2.05, 4.69) is 0 Å². The maximum atomic E-state index is 12.4. The molecule has 4 heteroatoms. The van der Waals surface area contributed by atoms with Gasteiger partial charge in [-0.15, -0.1) is 0 Å². The molecule has 1 aromatic carbocycles. The first kappa shape index (κ1) is 14.9. The topological polar surface area (TPSA) is 40.5 Å². The molecule has 1 atom stereocenters. The molecular formula is C17H22ClNO2. The molecule has 1 aliphatic heterocycles. The van der Waals surface area contributed by atoms with Crippen molar-refractivity contribution in [3.63, 3.8) is 0 Å². The van der Waals surface area contributed by atoms with Gasteiger partial charge in [0.25, 0.3) is 0 Å². The molecule has 21 heavy (non-hydrogen) atoms. The third-order valence-electron chi connectivity index (χ3n) is 5.61. The Morgan fingerprint density at radius 2 is 1.90 bits per heavy atom. The lowest BCUT2D eigenvalue weighted by Crippen LogP contribution is -2.60. The van der Waals surface area contributed by atoms with Gasteiger partial charge in [0.15, 0.2) is 0 Å². The van der Waals surface area contributed by atoms with Crippen molar-refractivity contribution < 1.29 is 9.90 Å². The second kappa shape index (κ2) is 5.29. The zero-order valence-corrected chi connectivity index (χ0v) is 13.2. The summed E-state index contributed by atoms with van der Waals surface area (Å²) in [4.78, 5) is 14.3. The number of piperidine rings is 1. The van der Waals surface area contributed by atoms with E-state index in [9.17, 15) is 9.90 Å². The number of aliphatic hydroxyl groups is 1. The van der Waals surface area contributed by atoms with E-state index in [1.165, 1.54) is 0 Å². The summed E-state index contributed by atoms with van der Waals surface area (Å²) in [6.07, 6.45) is 4.17. The highest BCUT2D eigenvalue weighted by Crippen LogP contribution is 2.56. The van der Waals surface area contributed by atoms with Gasteiger partial charge in [-0.25, -0.2) is 0 Å². The van der Waals surface area contributed by atoms with Crippen LogP contribution in [0.25, 0.3) is 0 Å². The zero-order chi connectivity index (χ0) is 15.1. The summed E-state index contributed by atoms with van der Waals surface area (Å²) < 4.78 is 0. The lowest BCUT2D eigenvalue weighted by Gasteiger charge is -2.58. The van der Waals surface area contributed by atoms with Crippen LogP contribution in [-0.4, -0.2) is 34.6 Å². The fourth-order valence-corrected chi connectivity index (χ4v) is 3.93. The van der Waals surface area contributed by atoms with E-state index < -0.39 is 5.60 Å². The molecule has 1 amide bonds. The van der Waals surface area contributed by atoms with Crippen molar-refractivity contribution in [1.29, 1.82) is 0 Å². The van der Waals surface area contributed by atoms with Gasteiger partial charge in [0, 0.05) is 23.5 Å². The number of hydrogen-bond donors (Lipinski definition) is 1. The molecule has 0 radical (unpaired) electrons. The summed E-state index contributed by atoms with van der Waals surface area (Å²) in [7, 11) is 0. The normalized spacial score (nSPS) is 27.5. The first-order chi connectivity index (χ1) is 9.94. The van der Waals surface area contributed by atoms with E-state index in [0.29, 0.717) is 11.4 Å². The van der Waals surface area contributed by atoms with Gasteiger partial charge in [-0.1, -0.05) is 29.8 Å². The molecule has 0 aromatic heterocycles. The third-order valence-corrected chi connectivity index (χ3v) is 5.97.